The molecule has 1 unspecified atom stereocenters. The largest absolute Gasteiger partial charge is 0.463 e. The van der Waals surface area contributed by atoms with Crippen LogP contribution in [0.2, 0.25) is 0 Å². The highest BCUT2D eigenvalue weighted by molar-refractivity contribution is 5.69. The van der Waals surface area contributed by atoms with Crippen LogP contribution in [0.1, 0.15) is 84.5 Å². The van der Waals surface area contributed by atoms with Gasteiger partial charge in [0.15, 0.2) is 0 Å². The Morgan fingerprint density at radius 3 is 2.09 bits per heavy atom. The van der Waals surface area contributed by atoms with Gasteiger partial charge in [0.2, 0.25) is 0 Å². The molecule has 0 aromatic heterocycles. The molecule has 4 nitrogen and oxygen atoms in total. The van der Waals surface area contributed by atoms with E-state index >= 15 is 0 Å². The van der Waals surface area contributed by atoms with Gasteiger partial charge in [-0.2, -0.15) is 0 Å². The number of ether oxygens (including phenoxy) is 1. The summed E-state index contributed by atoms with van der Waals surface area (Å²) >= 11 is 0. The maximum atomic E-state index is 11.3. The Bertz CT molecular complexity index is 255. The Hall–Kier alpha value is -0.610. The lowest BCUT2D eigenvalue weighted by molar-refractivity contribution is -0.147. The molecule has 0 aliphatic rings. The third-order valence-corrected chi connectivity index (χ3v) is 4.17. The molecule has 0 heterocycles. The van der Waals surface area contributed by atoms with E-state index in [1.165, 1.54) is 51.4 Å². The van der Waals surface area contributed by atoms with Crippen LogP contribution in [0, 0.1) is 5.92 Å². The number of aliphatic hydroxyl groups is 2. The molecule has 0 saturated carbocycles. The van der Waals surface area contributed by atoms with Crippen LogP contribution < -0.4 is 0 Å². The Kier molecular flexibility index (Phi) is 14.9. The second-order valence-corrected chi connectivity index (χ2v) is 6.40. The van der Waals surface area contributed by atoms with Crippen molar-refractivity contribution in [3.05, 3.63) is 0 Å². The van der Waals surface area contributed by atoms with Gasteiger partial charge in [-0.3, -0.25) is 4.79 Å². The predicted octanol–water partition coefficient (Wildman–Crippen LogP) is 3.83. The second-order valence-electron chi connectivity index (χ2n) is 6.40. The van der Waals surface area contributed by atoms with E-state index in [0.29, 0.717) is 6.42 Å². The highest BCUT2D eigenvalue weighted by Gasteiger charge is 2.07. The molecule has 2 atom stereocenters. The number of hydrogen-bond acceptors (Lipinski definition) is 4. The molecule has 0 saturated heterocycles. The summed E-state index contributed by atoms with van der Waals surface area (Å²) in [6, 6.07) is 0. The van der Waals surface area contributed by atoms with E-state index in [1.807, 2.05) is 0 Å². The molecule has 0 radical (unpaired) electrons. The number of hydrogen-bond donors (Lipinski definition) is 2. The molecule has 22 heavy (non-hydrogen) atoms. The summed E-state index contributed by atoms with van der Waals surface area (Å²) in [7, 11) is 0. The highest BCUT2D eigenvalue weighted by Crippen LogP contribution is 2.15. The quantitative estimate of drug-likeness (QED) is 0.356. The highest BCUT2D eigenvalue weighted by atomic mass is 16.5. The minimum absolute atomic E-state index is 0.105. The van der Waals surface area contributed by atoms with Crippen molar-refractivity contribution in [1.29, 1.82) is 0 Å². The van der Waals surface area contributed by atoms with E-state index in [2.05, 4.69) is 13.8 Å². The first-order valence-corrected chi connectivity index (χ1v) is 9.04. The molecular weight excluding hydrogens is 280 g/mol. The Morgan fingerprint density at radius 2 is 1.55 bits per heavy atom. The SMILES string of the molecule is CC[C@H](C)CCCCCCCCCCC(=O)OCC(O)CO. The zero-order chi connectivity index (χ0) is 16.6. The summed E-state index contributed by atoms with van der Waals surface area (Å²) in [5.41, 5.74) is 0. The Balaban J connectivity index is 3.21. The van der Waals surface area contributed by atoms with Crippen LogP contribution in [0.3, 0.4) is 0 Å². The summed E-state index contributed by atoms with van der Waals surface area (Å²) in [6.07, 6.45) is 11.8. The summed E-state index contributed by atoms with van der Waals surface area (Å²) in [6.45, 7) is 4.11. The molecular formula is C18H36O4. The monoisotopic (exact) mass is 316 g/mol. The Labute approximate surface area is 136 Å². The molecule has 0 aliphatic carbocycles. The van der Waals surface area contributed by atoms with Gasteiger partial charge < -0.3 is 14.9 Å². The van der Waals surface area contributed by atoms with Gasteiger partial charge in [0.05, 0.1) is 6.61 Å². The maximum Gasteiger partial charge on any atom is 0.305 e. The first kappa shape index (κ1) is 21.4. The molecule has 0 fully saturated rings. The minimum Gasteiger partial charge on any atom is -0.463 e. The molecule has 0 amide bonds. The van der Waals surface area contributed by atoms with Crippen LogP contribution in [0.15, 0.2) is 0 Å². The maximum absolute atomic E-state index is 11.3. The average Bonchev–Trinajstić information content (AvgIpc) is 2.53. The van der Waals surface area contributed by atoms with Crippen molar-refractivity contribution in [2.45, 2.75) is 90.6 Å². The van der Waals surface area contributed by atoms with E-state index < -0.39 is 6.10 Å². The molecule has 0 aromatic rings. The molecule has 0 aromatic carbocycles. The average molecular weight is 316 g/mol. The fraction of sp³-hybridized carbons (Fsp3) is 0.944. The zero-order valence-corrected chi connectivity index (χ0v) is 14.6. The van der Waals surface area contributed by atoms with Crippen molar-refractivity contribution in [3.8, 4) is 0 Å². The third kappa shape index (κ3) is 14.3. The summed E-state index contributed by atoms with van der Waals surface area (Å²) in [5, 5.41) is 17.7. The number of carbonyl (C=O) groups is 1. The summed E-state index contributed by atoms with van der Waals surface area (Å²) in [5.74, 6) is 0.593. The van der Waals surface area contributed by atoms with Crippen LogP contribution in [-0.2, 0) is 9.53 Å². The van der Waals surface area contributed by atoms with Crippen molar-refractivity contribution in [1.82, 2.24) is 0 Å². The number of aliphatic hydroxyl groups excluding tert-OH is 2. The van der Waals surface area contributed by atoms with Gasteiger partial charge in [-0.1, -0.05) is 71.6 Å². The second kappa shape index (κ2) is 15.3. The molecule has 132 valence electrons. The van der Waals surface area contributed by atoms with Crippen LogP contribution in [-0.4, -0.2) is 35.5 Å². The van der Waals surface area contributed by atoms with Crippen molar-refractivity contribution in [2.24, 2.45) is 5.92 Å². The van der Waals surface area contributed by atoms with Crippen LogP contribution >= 0.6 is 0 Å². The van der Waals surface area contributed by atoms with Crippen LogP contribution in [0.5, 0.6) is 0 Å². The Morgan fingerprint density at radius 1 is 1.00 bits per heavy atom. The molecule has 4 heteroatoms. The molecule has 0 spiro atoms. The van der Waals surface area contributed by atoms with Gasteiger partial charge in [0, 0.05) is 6.42 Å². The first-order valence-electron chi connectivity index (χ1n) is 9.04. The lowest BCUT2D eigenvalue weighted by Gasteiger charge is -2.08. The normalized spacial score (nSPS) is 13.8. The van der Waals surface area contributed by atoms with Gasteiger partial charge in [-0.15, -0.1) is 0 Å². The van der Waals surface area contributed by atoms with Gasteiger partial charge in [0.1, 0.15) is 12.7 Å². The predicted molar refractivity (Wildman–Crippen MR) is 89.7 cm³/mol. The minimum atomic E-state index is -0.954. The smallest absolute Gasteiger partial charge is 0.305 e. The fourth-order valence-electron chi connectivity index (χ4n) is 2.34. The van der Waals surface area contributed by atoms with Crippen molar-refractivity contribution in [3.63, 3.8) is 0 Å². The number of esters is 1. The van der Waals surface area contributed by atoms with Gasteiger partial charge in [-0.05, 0) is 12.3 Å². The lowest BCUT2D eigenvalue weighted by atomic mass is 9.99. The third-order valence-electron chi connectivity index (χ3n) is 4.17. The molecule has 0 bridgehead atoms. The fourth-order valence-corrected chi connectivity index (χ4v) is 2.34. The first-order chi connectivity index (χ1) is 10.6. The van der Waals surface area contributed by atoms with Gasteiger partial charge >= 0.3 is 5.97 Å². The van der Waals surface area contributed by atoms with E-state index in [-0.39, 0.29) is 19.2 Å². The summed E-state index contributed by atoms with van der Waals surface area (Å²) < 4.78 is 4.85. The lowest BCUT2D eigenvalue weighted by Crippen LogP contribution is -2.21. The van der Waals surface area contributed by atoms with Crippen molar-refractivity contribution >= 4 is 5.97 Å². The molecule has 0 aliphatic heterocycles. The van der Waals surface area contributed by atoms with Crippen LogP contribution in [0.4, 0.5) is 0 Å². The van der Waals surface area contributed by atoms with E-state index in [9.17, 15) is 4.79 Å². The van der Waals surface area contributed by atoms with E-state index in [1.54, 1.807) is 0 Å². The van der Waals surface area contributed by atoms with Crippen LogP contribution in [0.25, 0.3) is 0 Å². The number of rotatable bonds is 15. The number of unbranched alkanes of at least 4 members (excludes halogenated alkanes) is 7. The van der Waals surface area contributed by atoms with Crippen molar-refractivity contribution < 1.29 is 19.7 Å². The topological polar surface area (TPSA) is 66.8 Å². The van der Waals surface area contributed by atoms with Crippen molar-refractivity contribution in [2.75, 3.05) is 13.2 Å². The summed E-state index contributed by atoms with van der Waals surface area (Å²) in [4.78, 5) is 11.3. The van der Waals surface area contributed by atoms with E-state index in [0.717, 1.165) is 18.8 Å². The molecule has 0 rings (SSSR count). The van der Waals surface area contributed by atoms with Gasteiger partial charge in [0.25, 0.3) is 0 Å². The van der Waals surface area contributed by atoms with E-state index in [4.69, 9.17) is 14.9 Å². The van der Waals surface area contributed by atoms with Gasteiger partial charge in [-0.25, -0.2) is 0 Å². The molecule has 2 N–H and O–H groups in total. The zero-order valence-electron chi connectivity index (χ0n) is 14.6. The number of carbonyl (C=O) groups excluding carboxylic acids is 1. The standard InChI is InChI=1S/C18H36O4/c1-3-16(2)12-10-8-6-4-5-7-9-11-13-18(21)22-15-17(20)14-19/h16-17,19-20H,3-15H2,1-2H3/t16-,17?/m0/s1.